The van der Waals surface area contributed by atoms with E-state index in [2.05, 4.69) is 22.5 Å². The topological polar surface area (TPSA) is 81.8 Å². The first-order valence-corrected chi connectivity index (χ1v) is 9.53. The van der Waals surface area contributed by atoms with Gasteiger partial charge in [0.25, 0.3) is 5.91 Å². The third-order valence-electron chi connectivity index (χ3n) is 5.85. The number of rotatable bonds is 7. The van der Waals surface area contributed by atoms with Gasteiger partial charge in [0.05, 0.1) is 0 Å². The minimum Gasteiger partial charge on any atom is -0.354 e. The van der Waals surface area contributed by atoms with Crippen molar-refractivity contribution >= 4 is 17.8 Å². The maximum absolute atomic E-state index is 12.5. The predicted molar refractivity (Wildman–Crippen MR) is 93.8 cm³/mol. The first-order valence-electron chi connectivity index (χ1n) is 9.53. The Morgan fingerprint density at radius 3 is 2.56 bits per heavy atom. The second-order valence-corrected chi connectivity index (χ2v) is 8.03. The molecule has 0 aromatic heterocycles. The standard InChI is InChI=1S/C18H30N4O3/c1-13-6-10-21(11-7-13)9-3-8-19-15(23)12-22-16(24)18(2,14-4-5-14)20-17(22)25/h13-14H,3-12H2,1-2H3,(H,19,23)(H,20,25). The van der Waals surface area contributed by atoms with Gasteiger partial charge >= 0.3 is 6.03 Å². The first-order chi connectivity index (χ1) is 11.9. The van der Waals surface area contributed by atoms with Crippen LogP contribution in [0.25, 0.3) is 0 Å². The van der Waals surface area contributed by atoms with E-state index in [-0.39, 0.29) is 24.3 Å². The molecule has 3 fully saturated rings. The highest BCUT2D eigenvalue weighted by molar-refractivity contribution is 6.09. The van der Waals surface area contributed by atoms with Gasteiger partial charge < -0.3 is 15.5 Å². The Labute approximate surface area is 149 Å². The van der Waals surface area contributed by atoms with E-state index in [0.717, 1.165) is 49.7 Å². The number of carbonyl (C=O) groups is 3. The summed E-state index contributed by atoms with van der Waals surface area (Å²) in [6.07, 6.45) is 5.30. The Bertz CT molecular complexity index is 540. The molecule has 0 bridgehead atoms. The number of amides is 4. The van der Waals surface area contributed by atoms with Crippen LogP contribution in [-0.4, -0.2) is 65.9 Å². The van der Waals surface area contributed by atoms with E-state index in [1.165, 1.54) is 12.8 Å². The van der Waals surface area contributed by atoms with Crippen LogP contribution in [0.1, 0.15) is 46.0 Å². The second-order valence-electron chi connectivity index (χ2n) is 8.03. The first kappa shape index (κ1) is 18.2. The smallest absolute Gasteiger partial charge is 0.325 e. The minimum atomic E-state index is -0.817. The summed E-state index contributed by atoms with van der Waals surface area (Å²) in [7, 11) is 0. The molecule has 4 amide bonds. The number of hydrogen-bond donors (Lipinski definition) is 2. The van der Waals surface area contributed by atoms with Crippen LogP contribution in [0.2, 0.25) is 0 Å². The number of hydrogen-bond acceptors (Lipinski definition) is 4. The summed E-state index contributed by atoms with van der Waals surface area (Å²) < 4.78 is 0. The Morgan fingerprint density at radius 1 is 1.24 bits per heavy atom. The average molecular weight is 350 g/mol. The van der Waals surface area contributed by atoms with Gasteiger partial charge in [0, 0.05) is 6.54 Å². The van der Waals surface area contributed by atoms with Crippen molar-refractivity contribution in [2.24, 2.45) is 11.8 Å². The zero-order valence-corrected chi connectivity index (χ0v) is 15.3. The van der Waals surface area contributed by atoms with Gasteiger partial charge in [-0.2, -0.15) is 0 Å². The Balaban J connectivity index is 1.36. The van der Waals surface area contributed by atoms with Gasteiger partial charge in [0.1, 0.15) is 12.1 Å². The fourth-order valence-electron chi connectivity index (χ4n) is 3.81. The fourth-order valence-corrected chi connectivity index (χ4v) is 3.81. The van der Waals surface area contributed by atoms with Crippen molar-refractivity contribution in [3.63, 3.8) is 0 Å². The molecule has 3 aliphatic rings. The molecule has 25 heavy (non-hydrogen) atoms. The third-order valence-corrected chi connectivity index (χ3v) is 5.85. The molecule has 7 nitrogen and oxygen atoms in total. The number of urea groups is 1. The van der Waals surface area contributed by atoms with Crippen LogP contribution >= 0.6 is 0 Å². The second kappa shape index (κ2) is 7.32. The maximum atomic E-state index is 12.5. The molecule has 140 valence electrons. The molecule has 0 radical (unpaired) electrons. The van der Waals surface area contributed by atoms with Crippen molar-refractivity contribution in [2.75, 3.05) is 32.7 Å². The summed E-state index contributed by atoms with van der Waals surface area (Å²) >= 11 is 0. The number of carbonyl (C=O) groups excluding carboxylic acids is 3. The summed E-state index contributed by atoms with van der Waals surface area (Å²) in [6, 6.07) is -0.447. The summed E-state index contributed by atoms with van der Waals surface area (Å²) in [5.74, 6) is 0.499. The summed E-state index contributed by atoms with van der Waals surface area (Å²) in [5, 5.41) is 5.59. The molecule has 2 aliphatic heterocycles. The molecule has 2 saturated heterocycles. The van der Waals surface area contributed by atoms with Crippen LogP contribution in [0, 0.1) is 11.8 Å². The van der Waals surface area contributed by atoms with Crippen molar-refractivity contribution < 1.29 is 14.4 Å². The van der Waals surface area contributed by atoms with Crippen LogP contribution in [-0.2, 0) is 9.59 Å². The summed E-state index contributed by atoms with van der Waals surface area (Å²) in [4.78, 5) is 40.1. The van der Waals surface area contributed by atoms with E-state index in [1.807, 2.05) is 0 Å². The monoisotopic (exact) mass is 350 g/mol. The van der Waals surface area contributed by atoms with Gasteiger partial charge in [-0.1, -0.05) is 6.92 Å². The van der Waals surface area contributed by atoms with E-state index < -0.39 is 11.6 Å². The Hall–Kier alpha value is -1.63. The van der Waals surface area contributed by atoms with Gasteiger partial charge in [-0.05, 0) is 70.5 Å². The number of nitrogens with zero attached hydrogens (tertiary/aromatic N) is 2. The highest BCUT2D eigenvalue weighted by Gasteiger charge is 2.56. The lowest BCUT2D eigenvalue weighted by Gasteiger charge is -2.30. The molecule has 1 unspecified atom stereocenters. The van der Waals surface area contributed by atoms with Crippen LogP contribution in [0.3, 0.4) is 0 Å². The van der Waals surface area contributed by atoms with E-state index in [0.29, 0.717) is 6.54 Å². The van der Waals surface area contributed by atoms with Gasteiger partial charge in [-0.25, -0.2) is 4.79 Å². The summed E-state index contributed by atoms with van der Waals surface area (Å²) in [6.45, 7) is 7.71. The SMILES string of the molecule is CC1CCN(CCCNC(=O)CN2C(=O)NC(C)(C3CC3)C2=O)CC1. The average Bonchev–Trinajstić information content (AvgIpc) is 3.40. The zero-order valence-electron chi connectivity index (χ0n) is 15.3. The van der Waals surface area contributed by atoms with E-state index in [1.54, 1.807) is 6.92 Å². The number of likely N-dealkylation sites (tertiary alicyclic amines) is 1. The largest absolute Gasteiger partial charge is 0.354 e. The molecule has 2 N–H and O–H groups in total. The molecule has 3 rings (SSSR count). The highest BCUT2D eigenvalue weighted by Crippen LogP contribution is 2.42. The molecule has 1 aliphatic carbocycles. The number of imide groups is 1. The third kappa shape index (κ3) is 4.14. The maximum Gasteiger partial charge on any atom is 0.325 e. The van der Waals surface area contributed by atoms with Crippen LogP contribution < -0.4 is 10.6 Å². The molecule has 0 aromatic carbocycles. The molecule has 2 heterocycles. The van der Waals surface area contributed by atoms with Gasteiger partial charge in [-0.15, -0.1) is 0 Å². The minimum absolute atomic E-state index is 0.186. The quantitative estimate of drug-likeness (QED) is 0.529. The molecular formula is C18H30N4O3. The van der Waals surface area contributed by atoms with Gasteiger partial charge in [-0.3, -0.25) is 14.5 Å². The fraction of sp³-hybridized carbons (Fsp3) is 0.833. The van der Waals surface area contributed by atoms with E-state index >= 15 is 0 Å². The van der Waals surface area contributed by atoms with Crippen LogP contribution in [0.5, 0.6) is 0 Å². The molecular weight excluding hydrogens is 320 g/mol. The Kier molecular flexibility index (Phi) is 5.32. The lowest BCUT2D eigenvalue weighted by Crippen LogP contribution is -2.47. The van der Waals surface area contributed by atoms with E-state index in [4.69, 9.17) is 0 Å². The number of piperidine rings is 1. The summed E-state index contributed by atoms with van der Waals surface area (Å²) in [5.41, 5.74) is -0.817. The molecule has 1 saturated carbocycles. The van der Waals surface area contributed by atoms with Gasteiger partial charge in [0.2, 0.25) is 5.91 Å². The van der Waals surface area contributed by atoms with Crippen LogP contribution in [0.4, 0.5) is 4.79 Å². The van der Waals surface area contributed by atoms with E-state index in [9.17, 15) is 14.4 Å². The van der Waals surface area contributed by atoms with Crippen LogP contribution in [0.15, 0.2) is 0 Å². The van der Waals surface area contributed by atoms with Gasteiger partial charge in [0.15, 0.2) is 0 Å². The van der Waals surface area contributed by atoms with Crippen molar-refractivity contribution in [3.05, 3.63) is 0 Å². The van der Waals surface area contributed by atoms with Crippen molar-refractivity contribution in [1.29, 1.82) is 0 Å². The molecule has 0 spiro atoms. The normalized spacial score (nSPS) is 28.3. The van der Waals surface area contributed by atoms with Crippen molar-refractivity contribution in [2.45, 2.75) is 51.5 Å². The molecule has 7 heteroatoms. The Morgan fingerprint density at radius 2 is 1.92 bits per heavy atom. The zero-order chi connectivity index (χ0) is 18.0. The highest BCUT2D eigenvalue weighted by atomic mass is 16.2. The van der Waals surface area contributed by atoms with Crippen molar-refractivity contribution in [3.8, 4) is 0 Å². The number of nitrogens with one attached hydrogen (secondary N) is 2. The lowest BCUT2D eigenvalue weighted by atomic mass is 9.96. The lowest BCUT2D eigenvalue weighted by molar-refractivity contribution is -0.135. The van der Waals surface area contributed by atoms with Crippen molar-refractivity contribution in [1.82, 2.24) is 20.4 Å². The molecule has 1 atom stereocenters. The molecule has 0 aromatic rings. The predicted octanol–water partition coefficient (Wildman–Crippen LogP) is 0.945.